The zero-order chi connectivity index (χ0) is 10.3. The average molecular weight is 223 g/mol. The van der Waals surface area contributed by atoms with Crippen LogP contribution in [0.2, 0.25) is 0 Å². The summed E-state index contributed by atoms with van der Waals surface area (Å²) in [4.78, 5) is 10.9. The number of carbonyl (C=O) groups excluding carboxylic acids is 1. The summed E-state index contributed by atoms with van der Waals surface area (Å²) in [6.07, 6.45) is 1.23. The molecule has 1 amide bonds. The maximum atomic E-state index is 10.9. The van der Waals surface area contributed by atoms with Crippen LogP contribution in [0.4, 0.5) is 4.79 Å². The van der Waals surface area contributed by atoms with Crippen molar-refractivity contribution >= 4 is 6.09 Å². The largest absolute Gasteiger partial charge is 1.00 e. The van der Waals surface area contributed by atoms with Crippen LogP contribution < -0.4 is 17.7 Å². The molecule has 0 aromatic heterocycles. The lowest BCUT2D eigenvalue weighted by molar-refractivity contribution is -0.870. The molecule has 0 rings (SSSR count). The molecule has 0 radical (unpaired) electrons. The van der Waals surface area contributed by atoms with Crippen molar-refractivity contribution < 1.29 is 26.4 Å². The molecule has 5 heteroatoms. The molecular weight excluding hydrogens is 204 g/mol. The van der Waals surface area contributed by atoms with Gasteiger partial charge in [-0.05, 0) is 0 Å². The Morgan fingerprint density at radius 3 is 2.50 bits per heavy atom. The van der Waals surface area contributed by atoms with Crippen LogP contribution in [0.1, 0.15) is 0 Å². The molecule has 0 spiro atoms. The van der Waals surface area contributed by atoms with E-state index in [-0.39, 0.29) is 18.5 Å². The van der Waals surface area contributed by atoms with Gasteiger partial charge in [-0.25, -0.2) is 4.79 Å². The fraction of sp³-hybridized carbons (Fsp3) is 0.667. The third kappa shape index (κ3) is 11.3. The zero-order valence-corrected chi connectivity index (χ0v) is 9.80. The number of alkyl carbamates (subject to hydrolysis) is 1. The number of rotatable bonds is 5. The predicted octanol–water partition coefficient (Wildman–Crippen LogP) is -2.39. The van der Waals surface area contributed by atoms with Gasteiger partial charge in [-0.2, -0.15) is 0 Å². The number of quaternary nitrogens is 1. The number of likely N-dealkylation sites (N-methyl/N-ethyl adjacent to an activating group) is 1. The van der Waals surface area contributed by atoms with Gasteiger partial charge in [-0.3, -0.25) is 0 Å². The highest BCUT2D eigenvalue weighted by Gasteiger charge is 2.08. The summed E-state index contributed by atoms with van der Waals surface area (Å²) < 4.78 is 5.69. The fourth-order valence-electron chi connectivity index (χ4n) is 0.619. The Balaban J connectivity index is 0. The number of carbonyl (C=O) groups is 1. The van der Waals surface area contributed by atoms with E-state index in [1.165, 1.54) is 0 Å². The third-order valence-corrected chi connectivity index (χ3v) is 1.39. The molecule has 0 fully saturated rings. The summed E-state index contributed by atoms with van der Waals surface area (Å²) in [5.41, 5.74) is 0. The van der Waals surface area contributed by atoms with Gasteiger partial charge in [-0.1, -0.05) is 6.08 Å². The summed E-state index contributed by atoms with van der Waals surface area (Å²) in [5.74, 6) is 0. The van der Waals surface area contributed by atoms with Crippen molar-refractivity contribution in [2.24, 2.45) is 0 Å². The smallest absolute Gasteiger partial charge is 0.407 e. The molecular formula is C9H19ClN2O2. The van der Waals surface area contributed by atoms with Gasteiger partial charge in [-0.15, -0.1) is 6.58 Å². The van der Waals surface area contributed by atoms with Crippen molar-refractivity contribution in [2.75, 3.05) is 40.8 Å². The highest BCUT2D eigenvalue weighted by molar-refractivity contribution is 5.67. The Labute approximate surface area is 91.9 Å². The second-order valence-electron chi connectivity index (χ2n) is 3.82. The second-order valence-corrected chi connectivity index (χ2v) is 3.82. The number of amides is 1. The highest BCUT2D eigenvalue weighted by Crippen LogP contribution is 1.89. The molecule has 0 bridgehead atoms. The van der Waals surface area contributed by atoms with Crippen LogP contribution in [-0.4, -0.2) is 51.4 Å². The molecule has 0 unspecified atom stereocenters. The molecule has 4 nitrogen and oxygen atoms in total. The molecule has 0 aliphatic carbocycles. The molecule has 0 aliphatic heterocycles. The maximum absolute atomic E-state index is 10.9. The number of hydrogen-bond acceptors (Lipinski definition) is 2. The molecule has 0 saturated heterocycles. The first kappa shape index (κ1) is 15.7. The van der Waals surface area contributed by atoms with Gasteiger partial charge >= 0.3 is 6.09 Å². The number of halogens is 1. The van der Waals surface area contributed by atoms with Gasteiger partial charge in [0.1, 0.15) is 13.2 Å². The Morgan fingerprint density at radius 1 is 1.50 bits per heavy atom. The van der Waals surface area contributed by atoms with Crippen molar-refractivity contribution in [3.8, 4) is 0 Å². The van der Waals surface area contributed by atoms with E-state index >= 15 is 0 Å². The first-order valence-corrected chi connectivity index (χ1v) is 4.27. The molecule has 0 atom stereocenters. The third-order valence-electron chi connectivity index (χ3n) is 1.39. The van der Waals surface area contributed by atoms with Crippen LogP contribution in [0.25, 0.3) is 0 Å². The van der Waals surface area contributed by atoms with E-state index in [1.54, 1.807) is 6.08 Å². The van der Waals surface area contributed by atoms with Crippen LogP contribution >= 0.6 is 0 Å². The summed E-state index contributed by atoms with van der Waals surface area (Å²) in [6.45, 7) is 5.17. The van der Waals surface area contributed by atoms with E-state index in [2.05, 4.69) is 11.9 Å². The van der Waals surface area contributed by atoms with Crippen LogP contribution in [0.5, 0.6) is 0 Å². The van der Waals surface area contributed by atoms with Crippen LogP contribution in [0.3, 0.4) is 0 Å². The minimum atomic E-state index is -0.381. The summed E-state index contributed by atoms with van der Waals surface area (Å²) in [6, 6.07) is 0. The normalized spacial score (nSPS) is 9.93. The standard InChI is InChI=1S/C9H18N2O2.ClH/c1-5-6-10-9(12)13-8-7-11(2,3)4;/h5H,1,6-8H2,2-4H3;1H. The molecule has 0 saturated carbocycles. The van der Waals surface area contributed by atoms with E-state index in [9.17, 15) is 4.79 Å². The number of nitrogens with one attached hydrogen (secondary N) is 1. The fourth-order valence-corrected chi connectivity index (χ4v) is 0.619. The highest BCUT2D eigenvalue weighted by atomic mass is 35.5. The lowest BCUT2D eigenvalue weighted by Crippen LogP contribution is -3.00. The summed E-state index contributed by atoms with van der Waals surface area (Å²) in [7, 11) is 6.14. The van der Waals surface area contributed by atoms with E-state index in [0.29, 0.717) is 13.2 Å². The van der Waals surface area contributed by atoms with E-state index in [0.717, 1.165) is 11.0 Å². The lowest BCUT2D eigenvalue weighted by atomic mass is 10.5. The Morgan fingerprint density at radius 2 is 2.07 bits per heavy atom. The van der Waals surface area contributed by atoms with Gasteiger partial charge in [0.15, 0.2) is 0 Å². The monoisotopic (exact) mass is 222 g/mol. The molecule has 1 N–H and O–H groups in total. The minimum absolute atomic E-state index is 0. The zero-order valence-electron chi connectivity index (χ0n) is 9.05. The van der Waals surface area contributed by atoms with Gasteiger partial charge in [0.05, 0.1) is 21.1 Å². The predicted molar refractivity (Wildman–Crippen MR) is 52.4 cm³/mol. The number of nitrogens with zero attached hydrogens (tertiary/aromatic N) is 1. The Kier molecular flexibility index (Phi) is 8.58. The van der Waals surface area contributed by atoms with Crippen LogP contribution in [0.15, 0.2) is 12.7 Å². The van der Waals surface area contributed by atoms with Crippen LogP contribution in [-0.2, 0) is 4.74 Å². The first-order chi connectivity index (χ1) is 5.95. The first-order valence-electron chi connectivity index (χ1n) is 4.27. The molecule has 0 aromatic carbocycles. The van der Waals surface area contributed by atoms with Crippen molar-refractivity contribution in [1.29, 1.82) is 0 Å². The second kappa shape index (κ2) is 7.64. The van der Waals surface area contributed by atoms with E-state index in [1.807, 2.05) is 21.1 Å². The quantitative estimate of drug-likeness (QED) is 0.417. The van der Waals surface area contributed by atoms with E-state index < -0.39 is 0 Å². The molecule has 14 heavy (non-hydrogen) atoms. The maximum Gasteiger partial charge on any atom is 0.407 e. The van der Waals surface area contributed by atoms with Crippen molar-refractivity contribution in [3.05, 3.63) is 12.7 Å². The Hall–Kier alpha value is -0.740. The van der Waals surface area contributed by atoms with Gasteiger partial charge in [0.25, 0.3) is 0 Å². The van der Waals surface area contributed by atoms with E-state index in [4.69, 9.17) is 4.74 Å². The minimum Gasteiger partial charge on any atom is -1.00 e. The summed E-state index contributed by atoms with van der Waals surface area (Å²) in [5, 5.41) is 2.53. The van der Waals surface area contributed by atoms with Crippen LogP contribution in [0, 0.1) is 0 Å². The van der Waals surface area contributed by atoms with Crippen molar-refractivity contribution in [3.63, 3.8) is 0 Å². The number of hydrogen-bond donors (Lipinski definition) is 1. The topological polar surface area (TPSA) is 38.3 Å². The SMILES string of the molecule is C=CCNC(=O)OCC[N+](C)(C)C.[Cl-]. The molecule has 0 heterocycles. The molecule has 0 aromatic rings. The van der Waals surface area contributed by atoms with Crippen molar-refractivity contribution in [1.82, 2.24) is 5.32 Å². The summed E-state index contributed by atoms with van der Waals surface area (Å²) >= 11 is 0. The van der Waals surface area contributed by atoms with Gasteiger partial charge in [0.2, 0.25) is 0 Å². The average Bonchev–Trinajstić information content (AvgIpc) is 1.98. The van der Waals surface area contributed by atoms with Crippen molar-refractivity contribution in [2.45, 2.75) is 0 Å². The van der Waals surface area contributed by atoms with Gasteiger partial charge < -0.3 is 26.9 Å². The number of ether oxygens (including phenoxy) is 1. The molecule has 0 aliphatic rings. The molecule has 84 valence electrons. The van der Waals surface area contributed by atoms with Gasteiger partial charge in [0, 0.05) is 6.54 Å². The lowest BCUT2D eigenvalue weighted by Gasteiger charge is -2.23. The Bertz CT molecular complexity index is 178.